The Morgan fingerprint density at radius 3 is 2.89 bits per heavy atom. The second-order valence-electron chi connectivity index (χ2n) is 6.21. The molecule has 1 aromatic heterocycles. The molecule has 1 aromatic rings. The molecule has 1 atom stereocenters. The van der Waals surface area contributed by atoms with E-state index in [-0.39, 0.29) is 17.4 Å². The summed E-state index contributed by atoms with van der Waals surface area (Å²) in [7, 11) is 0. The number of hydrogen-bond acceptors (Lipinski definition) is 4. The lowest BCUT2D eigenvalue weighted by Crippen LogP contribution is -2.52. The Morgan fingerprint density at radius 1 is 1.58 bits per heavy atom. The summed E-state index contributed by atoms with van der Waals surface area (Å²) in [4.78, 5) is 18.9. The van der Waals surface area contributed by atoms with Crippen LogP contribution < -0.4 is 5.32 Å². The highest BCUT2D eigenvalue weighted by Gasteiger charge is 2.24. The molecule has 0 radical (unpaired) electrons. The average Bonchev–Trinajstić information content (AvgIpc) is 2.77. The minimum Gasteiger partial charge on any atom is -0.337 e. The van der Waals surface area contributed by atoms with E-state index in [1.165, 1.54) is 0 Å². The van der Waals surface area contributed by atoms with E-state index in [9.17, 15) is 4.79 Å². The van der Waals surface area contributed by atoms with E-state index in [0.717, 1.165) is 30.3 Å². The van der Waals surface area contributed by atoms with E-state index in [0.29, 0.717) is 6.42 Å². The number of nitrogens with one attached hydrogen (secondary N) is 1. The van der Waals surface area contributed by atoms with E-state index in [4.69, 9.17) is 0 Å². The van der Waals surface area contributed by atoms with Crippen molar-refractivity contribution in [2.45, 2.75) is 45.6 Å². The first-order valence-corrected chi connectivity index (χ1v) is 7.71. The summed E-state index contributed by atoms with van der Waals surface area (Å²) in [6.07, 6.45) is 0.428. The van der Waals surface area contributed by atoms with Gasteiger partial charge in [0, 0.05) is 36.5 Å². The molecule has 0 aromatic carbocycles. The summed E-state index contributed by atoms with van der Waals surface area (Å²) >= 11 is 1.65. The van der Waals surface area contributed by atoms with Gasteiger partial charge in [-0.2, -0.15) is 0 Å². The minimum absolute atomic E-state index is 0.0638. The summed E-state index contributed by atoms with van der Waals surface area (Å²) in [6.45, 7) is 11.1. The van der Waals surface area contributed by atoms with Gasteiger partial charge in [0.2, 0.25) is 5.91 Å². The molecule has 4 nitrogen and oxygen atoms in total. The lowest BCUT2D eigenvalue weighted by atomic mass is 9.98. The van der Waals surface area contributed by atoms with Crippen LogP contribution in [0.2, 0.25) is 0 Å². The van der Waals surface area contributed by atoms with Crippen molar-refractivity contribution in [1.82, 2.24) is 15.2 Å². The van der Waals surface area contributed by atoms with Crippen LogP contribution in [0.1, 0.15) is 38.4 Å². The summed E-state index contributed by atoms with van der Waals surface area (Å²) in [6, 6.07) is 0.280. The normalized spacial score (nSPS) is 20.6. The second-order valence-corrected chi connectivity index (χ2v) is 7.07. The van der Waals surface area contributed by atoms with Gasteiger partial charge in [0.15, 0.2) is 0 Å². The fourth-order valence-electron chi connectivity index (χ4n) is 2.20. The van der Waals surface area contributed by atoms with Gasteiger partial charge in [-0.1, -0.05) is 20.8 Å². The Labute approximate surface area is 119 Å². The fourth-order valence-corrected chi connectivity index (χ4v) is 3.11. The third-order valence-electron chi connectivity index (χ3n) is 3.35. The van der Waals surface area contributed by atoms with Gasteiger partial charge in [0.05, 0.1) is 17.1 Å². The van der Waals surface area contributed by atoms with Gasteiger partial charge in [0.1, 0.15) is 0 Å². The number of hydrogen-bond donors (Lipinski definition) is 1. The lowest BCUT2D eigenvalue weighted by molar-refractivity contribution is -0.133. The fraction of sp³-hybridized carbons (Fsp3) is 0.714. The molecule has 1 aliphatic rings. The monoisotopic (exact) mass is 281 g/mol. The largest absolute Gasteiger partial charge is 0.337 e. The predicted molar refractivity (Wildman–Crippen MR) is 78.6 cm³/mol. The van der Waals surface area contributed by atoms with Crippen LogP contribution in [-0.2, 0) is 16.6 Å². The predicted octanol–water partition coefficient (Wildman–Crippen LogP) is 1.80. The van der Waals surface area contributed by atoms with Crippen molar-refractivity contribution in [3.05, 3.63) is 16.1 Å². The molecule has 1 saturated heterocycles. The van der Waals surface area contributed by atoms with E-state index in [2.05, 4.69) is 38.0 Å². The maximum absolute atomic E-state index is 12.3. The smallest absolute Gasteiger partial charge is 0.228 e. The van der Waals surface area contributed by atoms with E-state index in [1.54, 1.807) is 11.3 Å². The molecule has 0 aliphatic carbocycles. The van der Waals surface area contributed by atoms with Crippen molar-refractivity contribution in [2.24, 2.45) is 0 Å². The Kier molecular flexibility index (Phi) is 4.26. The first-order chi connectivity index (χ1) is 8.88. The Bertz CT molecular complexity index is 450. The highest BCUT2D eigenvalue weighted by Crippen LogP contribution is 2.25. The summed E-state index contributed by atoms with van der Waals surface area (Å²) in [5.74, 6) is 0.194. The molecule has 2 heterocycles. The van der Waals surface area contributed by atoms with Crippen molar-refractivity contribution >= 4 is 17.2 Å². The Balaban J connectivity index is 2.00. The van der Waals surface area contributed by atoms with E-state index < -0.39 is 0 Å². The molecular formula is C14H23N3OS. The molecule has 1 N–H and O–H groups in total. The molecule has 1 aliphatic heterocycles. The van der Waals surface area contributed by atoms with Crippen LogP contribution in [0, 0.1) is 0 Å². The van der Waals surface area contributed by atoms with Crippen molar-refractivity contribution in [2.75, 3.05) is 19.6 Å². The molecule has 2 rings (SSSR count). The second kappa shape index (κ2) is 5.59. The van der Waals surface area contributed by atoms with Gasteiger partial charge in [0.25, 0.3) is 0 Å². The molecule has 0 saturated carbocycles. The molecule has 5 heteroatoms. The van der Waals surface area contributed by atoms with Gasteiger partial charge >= 0.3 is 0 Å². The highest BCUT2D eigenvalue weighted by atomic mass is 32.1. The molecule has 0 spiro atoms. The van der Waals surface area contributed by atoms with Crippen LogP contribution in [-0.4, -0.2) is 41.5 Å². The Hall–Kier alpha value is -0.940. The van der Waals surface area contributed by atoms with Gasteiger partial charge in [-0.15, -0.1) is 11.3 Å². The summed E-state index contributed by atoms with van der Waals surface area (Å²) < 4.78 is 0. The molecular weight excluding hydrogens is 258 g/mol. The van der Waals surface area contributed by atoms with Crippen molar-refractivity contribution in [1.29, 1.82) is 0 Å². The third-order valence-corrected chi connectivity index (χ3v) is 4.66. The molecule has 1 fully saturated rings. The van der Waals surface area contributed by atoms with E-state index in [1.807, 2.05) is 10.3 Å². The first-order valence-electron chi connectivity index (χ1n) is 6.83. The number of carbonyl (C=O) groups excluding carboxylic acids is 1. The standard InChI is InChI=1S/C14H23N3OS/c1-10-8-15-5-6-17(10)12(18)7-11-9-19-13(16-11)14(2,3)4/h9-10,15H,5-8H2,1-4H3. The molecule has 1 amide bonds. The number of thiazole rings is 1. The zero-order valence-corrected chi connectivity index (χ0v) is 13.0. The van der Waals surface area contributed by atoms with Crippen LogP contribution in [0.4, 0.5) is 0 Å². The number of nitrogens with zero attached hydrogens (tertiary/aromatic N) is 2. The number of carbonyl (C=O) groups is 1. The van der Waals surface area contributed by atoms with Crippen LogP contribution in [0.15, 0.2) is 5.38 Å². The van der Waals surface area contributed by atoms with Crippen LogP contribution in [0.5, 0.6) is 0 Å². The van der Waals surface area contributed by atoms with Crippen LogP contribution in [0.25, 0.3) is 0 Å². The van der Waals surface area contributed by atoms with Gasteiger partial charge in [-0.3, -0.25) is 4.79 Å². The van der Waals surface area contributed by atoms with Crippen molar-refractivity contribution in [3.8, 4) is 0 Å². The number of rotatable bonds is 2. The van der Waals surface area contributed by atoms with E-state index >= 15 is 0 Å². The zero-order chi connectivity index (χ0) is 14.0. The number of piperazine rings is 1. The van der Waals surface area contributed by atoms with Crippen molar-refractivity contribution in [3.63, 3.8) is 0 Å². The maximum Gasteiger partial charge on any atom is 0.228 e. The molecule has 19 heavy (non-hydrogen) atoms. The lowest BCUT2D eigenvalue weighted by Gasteiger charge is -2.33. The summed E-state index contributed by atoms with van der Waals surface area (Å²) in [5.41, 5.74) is 0.972. The molecule has 106 valence electrons. The average molecular weight is 281 g/mol. The summed E-state index contributed by atoms with van der Waals surface area (Å²) in [5, 5.41) is 6.42. The van der Waals surface area contributed by atoms with Crippen LogP contribution in [0.3, 0.4) is 0 Å². The highest BCUT2D eigenvalue weighted by molar-refractivity contribution is 7.09. The first kappa shape index (κ1) is 14.5. The quantitative estimate of drug-likeness (QED) is 0.899. The van der Waals surface area contributed by atoms with Crippen LogP contribution >= 0.6 is 11.3 Å². The van der Waals surface area contributed by atoms with Gasteiger partial charge < -0.3 is 10.2 Å². The minimum atomic E-state index is 0.0638. The van der Waals surface area contributed by atoms with Gasteiger partial charge in [-0.25, -0.2) is 4.98 Å². The van der Waals surface area contributed by atoms with Crippen molar-refractivity contribution < 1.29 is 4.79 Å². The topological polar surface area (TPSA) is 45.2 Å². The number of amides is 1. The molecule has 0 bridgehead atoms. The molecule has 1 unspecified atom stereocenters. The third kappa shape index (κ3) is 3.54. The SMILES string of the molecule is CC1CNCCN1C(=O)Cc1csc(C(C)(C)C)n1. The Morgan fingerprint density at radius 2 is 2.32 bits per heavy atom. The maximum atomic E-state index is 12.3. The number of aromatic nitrogens is 1. The van der Waals surface area contributed by atoms with Gasteiger partial charge in [-0.05, 0) is 6.92 Å². The zero-order valence-electron chi connectivity index (χ0n) is 12.2.